The molecule has 0 saturated heterocycles. The average Bonchev–Trinajstić information content (AvgIpc) is 3.20. The Balaban J connectivity index is 1.02. The molecule has 0 amide bonds. The van der Waals surface area contributed by atoms with Gasteiger partial charge in [-0.3, -0.25) is 0 Å². The van der Waals surface area contributed by atoms with Crippen molar-refractivity contribution in [2.24, 2.45) is 23.7 Å². The number of hydrogen-bond acceptors (Lipinski definition) is 0. The topological polar surface area (TPSA) is 0 Å². The molecule has 0 N–H and O–H groups in total. The van der Waals surface area contributed by atoms with Crippen LogP contribution in [0.15, 0.2) is 161 Å². The smallest absolute Gasteiger partial charge is 0.00928 e. The van der Waals surface area contributed by atoms with Gasteiger partial charge >= 0.3 is 0 Å². The molecule has 8 aliphatic carbocycles. The van der Waals surface area contributed by atoms with Crippen LogP contribution in [0, 0.1) is 23.7 Å². The summed E-state index contributed by atoms with van der Waals surface area (Å²) in [6, 6.07) is 16.4. The van der Waals surface area contributed by atoms with E-state index in [1.54, 1.807) is 39.0 Å². The van der Waals surface area contributed by atoms with Crippen molar-refractivity contribution in [1.29, 1.82) is 0 Å². The van der Waals surface area contributed by atoms with E-state index in [9.17, 15) is 0 Å². The molecule has 2 aromatic carbocycles. The first kappa shape index (κ1) is 30.2. The number of hydrogen-bond donors (Lipinski definition) is 0. The quantitative estimate of drug-likeness (QED) is 0.310. The molecular weight excluding hydrogens is 601 g/mol. The van der Waals surface area contributed by atoms with Gasteiger partial charge in [0.15, 0.2) is 0 Å². The van der Waals surface area contributed by atoms with Gasteiger partial charge in [-0.25, -0.2) is 0 Å². The van der Waals surface area contributed by atoms with Crippen molar-refractivity contribution in [2.45, 2.75) is 64.2 Å². The van der Waals surface area contributed by atoms with E-state index in [-0.39, 0.29) is 0 Å². The van der Waals surface area contributed by atoms with Gasteiger partial charge in [0.05, 0.1) is 0 Å². The molecule has 0 spiro atoms. The first-order valence-corrected chi connectivity index (χ1v) is 19.3. The van der Waals surface area contributed by atoms with Crippen molar-refractivity contribution in [3.8, 4) is 0 Å². The Labute approximate surface area is 297 Å². The molecule has 0 saturated carbocycles. The van der Waals surface area contributed by atoms with E-state index >= 15 is 0 Å². The van der Waals surface area contributed by atoms with E-state index in [4.69, 9.17) is 0 Å². The zero-order chi connectivity index (χ0) is 33.0. The highest BCUT2D eigenvalue weighted by Gasteiger charge is 2.39. The highest BCUT2D eigenvalue weighted by Crippen LogP contribution is 2.50. The van der Waals surface area contributed by atoms with Gasteiger partial charge in [-0.05, 0) is 159 Å². The Kier molecular flexibility index (Phi) is 7.59. The van der Waals surface area contributed by atoms with E-state index in [0.29, 0.717) is 23.7 Å². The molecular formula is C50H46. The minimum atomic E-state index is 0.445. The summed E-state index contributed by atoms with van der Waals surface area (Å²) in [5.74, 6) is 2.15. The first-order valence-electron chi connectivity index (χ1n) is 19.3. The molecule has 0 heteroatoms. The predicted molar refractivity (Wildman–Crippen MR) is 211 cm³/mol. The number of benzene rings is 2. The van der Waals surface area contributed by atoms with E-state index in [1.807, 2.05) is 0 Å². The molecule has 246 valence electrons. The van der Waals surface area contributed by atoms with Crippen molar-refractivity contribution in [2.75, 3.05) is 0 Å². The van der Waals surface area contributed by atoms with Crippen molar-refractivity contribution < 1.29 is 0 Å². The minimum Gasteiger partial charge on any atom is -0.0842 e. The highest BCUT2D eigenvalue weighted by molar-refractivity contribution is 5.80. The van der Waals surface area contributed by atoms with Crippen molar-refractivity contribution in [3.05, 3.63) is 188 Å². The zero-order valence-electron chi connectivity index (χ0n) is 29.1. The Morgan fingerprint density at radius 1 is 0.600 bits per heavy atom. The fourth-order valence-electron chi connectivity index (χ4n) is 10.3. The lowest BCUT2D eigenvalue weighted by Crippen LogP contribution is -2.41. The van der Waals surface area contributed by atoms with Gasteiger partial charge < -0.3 is 0 Å². The summed E-state index contributed by atoms with van der Waals surface area (Å²) in [6.45, 7) is 0. The predicted octanol–water partition coefficient (Wildman–Crippen LogP) is 10.9. The summed E-state index contributed by atoms with van der Waals surface area (Å²) < 4.78 is 0. The maximum atomic E-state index is 2.64. The summed E-state index contributed by atoms with van der Waals surface area (Å²) in [5.41, 5.74) is 18.2. The van der Waals surface area contributed by atoms with Crippen LogP contribution < -0.4 is 10.4 Å². The number of fused-ring (bicyclic) bond motifs is 6. The second-order valence-electron chi connectivity index (χ2n) is 15.6. The molecule has 4 unspecified atom stereocenters. The third kappa shape index (κ3) is 5.27. The Morgan fingerprint density at radius 3 is 2.28 bits per heavy atom. The van der Waals surface area contributed by atoms with Crippen LogP contribution in [0.5, 0.6) is 0 Å². The molecule has 10 rings (SSSR count). The molecule has 2 aromatic rings. The molecule has 4 atom stereocenters. The lowest BCUT2D eigenvalue weighted by molar-refractivity contribution is 0.405. The van der Waals surface area contributed by atoms with E-state index in [1.165, 1.54) is 57.5 Å². The van der Waals surface area contributed by atoms with Gasteiger partial charge in [0.25, 0.3) is 0 Å². The molecule has 50 heavy (non-hydrogen) atoms. The number of aryl methyl sites for hydroxylation is 1. The summed E-state index contributed by atoms with van der Waals surface area (Å²) in [6.07, 6.45) is 47.9. The Bertz CT molecular complexity index is 2270. The summed E-state index contributed by atoms with van der Waals surface area (Å²) in [5, 5.41) is 2.92. The van der Waals surface area contributed by atoms with Gasteiger partial charge in [-0.1, -0.05) is 134 Å². The molecule has 0 bridgehead atoms. The Hall–Kier alpha value is -4.68. The van der Waals surface area contributed by atoms with Gasteiger partial charge in [0.2, 0.25) is 0 Å². The molecule has 0 radical (unpaired) electrons. The third-order valence-corrected chi connectivity index (χ3v) is 13.0. The maximum Gasteiger partial charge on any atom is 0.00928 e. The van der Waals surface area contributed by atoms with Crippen LogP contribution in [0.25, 0.3) is 22.8 Å². The SMILES string of the molecule is C1=CC2C(C3=CC=C(C4=CC=C5C=CCCC5C4)CC3)=CC3=c4ccccc4=C(C4=CC=C(c5ccc6c(c5)CCC=C6)CC4)CC3C2C=C1. The largest absolute Gasteiger partial charge is 0.0842 e. The van der Waals surface area contributed by atoms with Crippen molar-refractivity contribution in [1.82, 2.24) is 0 Å². The van der Waals surface area contributed by atoms with Crippen LogP contribution in [-0.4, -0.2) is 0 Å². The van der Waals surface area contributed by atoms with E-state index in [2.05, 4.69) is 134 Å². The van der Waals surface area contributed by atoms with Gasteiger partial charge in [0, 0.05) is 5.92 Å². The summed E-state index contributed by atoms with van der Waals surface area (Å²) in [7, 11) is 0. The van der Waals surface area contributed by atoms with Crippen LogP contribution >= 0.6 is 0 Å². The van der Waals surface area contributed by atoms with Gasteiger partial charge in [0.1, 0.15) is 0 Å². The van der Waals surface area contributed by atoms with Crippen LogP contribution in [0.1, 0.15) is 74.5 Å². The monoisotopic (exact) mass is 646 g/mol. The molecule has 8 aliphatic rings. The molecule has 0 nitrogen and oxygen atoms in total. The van der Waals surface area contributed by atoms with E-state index < -0.39 is 0 Å². The normalized spacial score (nSPS) is 27.6. The molecule has 0 aromatic heterocycles. The third-order valence-electron chi connectivity index (χ3n) is 13.0. The highest BCUT2D eigenvalue weighted by atomic mass is 14.4. The lowest BCUT2D eigenvalue weighted by atomic mass is 9.62. The van der Waals surface area contributed by atoms with Crippen LogP contribution in [0.3, 0.4) is 0 Å². The second-order valence-corrected chi connectivity index (χ2v) is 15.6. The first-order chi connectivity index (χ1) is 24.8. The molecule has 0 fully saturated rings. The van der Waals surface area contributed by atoms with Gasteiger partial charge in [-0.15, -0.1) is 0 Å². The molecule has 0 aliphatic heterocycles. The zero-order valence-corrected chi connectivity index (χ0v) is 29.1. The van der Waals surface area contributed by atoms with Gasteiger partial charge in [-0.2, -0.15) is 0 Å². The average molecular weight is 647 g/mol. The lowest BCUT2D eigenvalue weighted by Gasteiger charge is -2.42. The van der Waals surface area contributed by atoms with Crippen LogP contribution in [-0.2, 0) is 6.42 Å². The van der Waals surface area contributed by atoms with Crippen LogP contribution in [0.2, 0.25) is 0 Å². The van der Waals surface area contributed by atoms with Crippen molar-refractivity contribution in [3.63, 3.8) is 0 Å². The fraction of sp³-hybridized carbons (Fsp3) is 0.280. The summed E-state index contributed by atoms with van der Waals surface area (Å²) in [4.78, 5) is 0. The van der Waals surface area contributed by atoms with Crippen molar-refractivity contribution >= 4 is 22.8 Å². The number of allylic oxidation sites excluding steroid dienone is 21. The van der Waals surface area contributed by atoms with E-state index in [0.717, 1.165) is 44.9 Å². The standard InChI is InChI=1S/C50H46/c1-3-11-39-29-41(27-21-33(39)9-1)35-17-23-37(24-18-35)47-31-49-46-16-8-6-14-44(46)48(32-50(49)45-15-7-5-13-43(45)47)38-25-19-36(20-26-38)42-28-22-34-10-2-4-12-40(34)30-42/h1-2,5-10,13-17,19,21-23,25,27-29,32,40,44,46,49H,3-4,11-12,18,20,24,26,30-31H2. The minimum absolute atomic E-state index is 0.445. The Morgan fingerprint density at radius 2 is 1.38 bits per heavy atom. The van der Waals surface area contributed by atoms with Crippen LogP contribution in [0.4, 0.5) is 0 Å². The summed E-state index contributed by atoms with van der Waals surface area (Å²) >= 11 is 0. The maximum absolute atomic E-state index is 2.64. The fourth-order valence-corrected chi connectivity index (χ4v) is 10.3. The second kappa shape index (κ2) is 12.6. The number of rotatable bonds is 4. The molecule has 0 heterocycles.